The molecule has 0 bridgehead atoms. The van der Waals surface area contributed by atoms with E-state index in [4.69, 9.17) is 14.2 Å². The third-order valence-electron chi connectivity index (χ3n) is 13.0. The van der Waals surface area contributed by atoms with Crippen LogP contribution in [0.15, 0.2) is 72.8 Å². The van der Waals surface area contributed by atoms with Crippen LogP contribution in [0.2, 0.25) is 0 Å². The van der Waals surface area contributed by atoms with Gasteiger partial charge in [0.2, 0.25) is 0 Å². The highest BCUT2D eigenvalue weighted by Gasteiger charge is 2.24. The van der Waals surface area contributed by atoms with Gasteiger partial charge in [-0.1, -0.05) is 109 Å². The molecule has 0 N–H and O–H groups in total. The van der Waals surface area contributed by atoms with E-state index in [1.54, 1.807) is 7.11 Å². The summed E-state index contributed by atoms with van der Waals surface area (Å²) in [5.74, 6) is 8.34. The number of ether oxygens (including phenoxy) is 3. The first-order valence-electron chi connectivity index (χ1n) is 23.1. The standard InChI is InChI=1S/C19H30O.C17H26O.C16H24O/c1-3-5-15-20-19-13-11-18(12-14-19)17-9-7-16(6-4-2)8-10-17;1-3-5-14-6-8-15(9-7-14)16-10-12-17(13-11-16)18-4-2;1-3-4-13-5-7-14(8-6-13)15-9-11-16(17-2)12-10-15/h11-14,16-17H,3-10,15H2,1-2H3;10-15H,3-9H2,1-2H3;9-14H,3-8H2,1-2H3. The van der Waals surface area contributed by atoms with Crippen LogP contribution in [-0.4, -0.2) is 20.3 Å². The Kier molecular flexibility index (Phi) is 21.2. The average molecular weight is 753 g/mol. The molecule has 6 rings (SSSR count). The summed E-state index contributed by atoms with van der Waals surface area (Å²) in [7, 11) is 1.73. The topological polar surface area (TPSA) is 27.7 Å². The molecule has 0 saturated heterocycles. The summed E-state index contributed by atoms with van der Waals surface area (Å²) in [6.45, 7) is 12.7. The monoisotopic (exact) mass is 753 g/mol. The van der Waals surface area contributed by atoms with E-state index >= 15 is 0 Å². The maximum atomic E-state index is 5.74. The molecule has 0 aliphatic heterocycles. The predicted octanol–water partition coefficient (Wildman–Crippen LogP) is 15.9. The number of hydrogen-bond donors (Lipinski definition) is 0. The molecule has 3 nitrogen and oxygen atoms in total. The van der Waals surface area contributed by atoms with Crippen LogP contribution in [0, 0.1) is 17.8 Å². The maximum absolute atomic E-state index is 5.74. The zero-order valence-electron chi connectivity index (χ0n) is 36.2. The number of hydrogen-bond acceptors (Lipinski definition) is 3. The van der Waals surface area contributed by atoms with Crippen molar-refractivity contribution in [3.63, 3.8) is 0 Å². The van der Waals surface area contributed by atoms with Gasteiger partial charge in [-0.2, -0.15) is 0 Å². The molecule has 3 aliphatic rings. The van der Waals surface area contributed by atoms with Gasteiger partial charge in [0.05, 0.1) is 20.3 Å². The Morgan fingerprint density at radius 3 is 1.02 bits per heavy atom. The summed E-state index contributed by atoms with van der Waals surface area (Å²) in [6.07, 6.45) is 27.4. The van der Waals surface area contributed by atoms with Gasteiger partial charge in [0.25, 0.3) is 0 Å². The van der Waals surface area contributed by atoms with Crippen molar-refractivity contribution in [1.29, 1.82) is 0 Å². The summed E-state index contributed by atoms with van der Waals surface area (Å²) in [6, 6.07) is 26.3. The lowest BCUT2D eigenvalue weighted by atomic mass is 9.77. The van der Waals surface area contributed by atoms with Crippen LogP contribution >= 0.6 is 0 Å². The summed E-state index contributed by atoms with van der Waals surface area (Å²) in [4.78, 5) is 0. The fraction of sp³-hybridized carbons (Fsp3) is 0.654. The van der Waals surface area contributed by atoms with Crippen molar-refractivity contribution in [3.8, 4) is 17.2 Å². The van der Waals surface area contributed by atoms with Crippen LogP contribution in [0.5, 0.6) is 17.2 Å². The van der Waals surface area contributed by atoms with E-state index in [0.717, 1.165) is 72.4 Å². The van der Waals surface area contributed by atoms with Crippen LogP contribution in [-0.2, 0) is 0 Å². The first kappa shape index (κ1) is 44.8. The van der Waals surface area contributed by atoms with E-state index < -0.39 is 0 Å². The fourth-order valence-corrected chi connectivity index (χ4v) is 9.63. The van der Waals surface area contributed by atoms with E-state index in [0.29, 0.717) is 0 Å². The van der Waals surface area contributed by atoms with Gasteiger partial charge in [0.1, 0.15) is 17.2 Å². The normalized spacial score (nSPS) is 23.7. The predicted molar refractivity (Wildman–Crippen MR) is 236 cm³/mol. The third-order valence-corrected chi connectivity index (χ3v) is 13.0. The second kappa shape index (κ2) is 26.1. The summed E-state index contributed by atoms with van der Waals surface area (Å²) < 4.78 is 16.4. The Morgan fingerprint density at radius 2 is 0.727 bits per heavy atom. The summed E-state index contributed by atoms with van der Waals surface area (Å²) >= 11 is 0. The van der Waals surface area contributed by atoms with Crippen LogP contribution < -0.4 is 14.2 Å². The first-order valence-corrected chi connectivity index (χ1v) is 23.1. The number of unbranched alkanes of at least 4 members (excludes halogenated alkanes) is 1. The third kappa shape index (κ3) is 15.8. The molecule has 0 amide bonds. The molecule has 0 radical (unpaired) electrons. The highest BCUT2D eigenvalue weighted by Crippen LogP contribution is 2.40. The smallest absolute Gasteiger partial charge is 0.119 e. The van der Waals surface area contributed by atoms with Crippen LogP contribution in [0.3, 0.4) is 0 Å². The van der Waals surface area contributed by atoms with Gasteiger partial charge >= 0.3 is 0 Å². The fourth-order valence-electron chi connectivity index (χ4n) is 9.63. The van der Waals surface area contributed by atoms with Crippen LogP contribution in [0.25, 0.3) is 0 Å². The van der Waals surface area contributed by atoms with E-state index in [1.807, 2.05) is 6.92 Å². The summed E-state index contributed by atoms with van der Waals surface area (Å²) in [5.41, 5.74) is 4.52. The van der Waals surface area contributed by atoms with E-state index in [2.05, 4.69) is 100 Å². The van der Waals surface area contributed by atoms with Gasteiger partial charge < -0.3 is 14.2 Å². The Bertz CT molecular complexity index is 1360. The molecule has 3 heteroatoms. The molecular weight excluding hydrogens is 673 g/mol. The lowest BCUT2D eigenvalue weighted by Crippen LogP contribution is -2.13. The number of benzene rings is 3. The highest BCUT2D eigenvalue weighted by molar-refractivity contribution is 5.31. The molecular formula is C52H80O3. The van der Waals surface area contributed by atoms with E-state index in [-0.39, 0.29) is 0 Å². The van der Waals surface area contributed by atoms with Crippen molar-refractivity contribution in [1.82, 2.24) is 0 Å². The van der Waals surface area contributed by atoms with Crippen molar-refractivity contribution in [2.45, 2.75) is 181 Å². The lowest BCUT2D eigenvalue weighted by molar-refractivity contribution is 0.304. The zero-order chi connectivity index (χ0) is 39.1. The SMILES string of the molecule is CCCC1CCC(c2ccc(OC)cc2)CC1.CCCC1CCC(c2ccc(OCC)cc2)CC1.CCCCOc1ccc(C2CCC(CCC)CC2)cc1. The van der Waals surface area contributed by atoms with Crippen molar-refractivity contribution >= 4 is 0 Å². The minimum Gasteiger partial charge on any atom is -0.497 e. The van der Waals surface area contributed by atoms with E-state index in [9.17, 15) is 0 Å². The molecule has 55 heavy (non-hydrogen) atoms. The molecule has 0 atom stereocenters. The Balaban J connectivity index is 0.000000184. The molecule has 0 unspecified atom stereocenters. The lowest BCUT2D eigenvalue weighted by Gasteiger charge is -2.28. The molecule has 3 aromatic carbocycles. The van der Waals surface area contributed by atoms with Gasteiger partial charge in [0, 0.05) is 0 Å². The van der Waals surface area contributed by atoms with Crippen molar-refractivity contribution in [3.05, 3.63) is 89.5 Å². The second-order valence-electron chi connectivity index (χ2n) is 17.1. The number of rotatable bonds is 16. The molecule has 0 spiro atoms. The molecule has 3 aromatic rings. The Morgan fingerprint density at radius 1 is 0.400 bits per heavy atom. The van der Waals surface area contributed by atoms with E-state index in [1.165, 1.54) is 139 Å². The minimum absolute atomic E-state index is 0.751. The van der Waals surface area contributed by atoms with Gasteiger partial charge in [0.15, 0.2) is 0 Å². The van der Waals surface area contributed by atoms with Crippen molar-refractivity contribution < 1.29 is 14.2 Å². The second-order valence-corrected chi connectivity index (χ2v) is 17.1. The Labute approximate surface area is 338 Å². The highest BCUT2D eigenvalue weighted by atomic mass is 16.5. The van der Waals surface area contributed by atoms with Crippen LogP contribution in [0.4, 0.5) is 0 Å². The Hall–Kier alpha value is -2.94. The molecule has 3 aliphatic carbocycles. The van der Waals surface area contributed by atoms with Gasteiger partial charge in [-0.05, 0) is 179 Å². The first-order chi connectivity index (χ1) is 27.0. The average Bonchev–Trinajstić information content (AvgIpc) is 3.23. The minimum atomic E-state index is 0.751. The van der Waals surface area contributed by atoms with Gasteiger partial charge in [-0.15, -0.1) is 0 Å². The van der Waals surface area contributed by atoms with Crippen LogP contribution in [0.1, 0.15) is 197 Å². The molecule has 0 aromatic heterocycles. The largest absolute Gasteiger partial charge is 0.497 e. The number of methoxy groups -OCH3 is 1. The molecule has 0 heterocycles. The molecule has 3 saturated carbocycles. The van der Waals surface area contributed by atoms with Gasteiger partial charge in [-0.3, -0.25) is 0 Å². The molecule has 3 fully saturated rings. The van der Waals surface area contributed by atoms with Crippen molar-refractivity contribution in [2.24, 2.45) is 17.8 Å². The van der Waals surface area contributed by atoms with Gasteiger partial charge in [-0.25, -0.2) is 0 Å². The molecule has 306 valence electrons. The summed E-state index contributed by atoms with van der Waals surface area (Å²) in [5, 5.41) is 0. The zero-order valence-corrected chi connectivity index (χ0v) is 36.2. The maximum Gasteiger partial charge on any atom is 0.119 e. The van der Waals surface area contributed by atoms with Crippen molar-refractivity contribution in [2.75, 3.05) is 20.3 Å². The quantitative estimate of drug-likeness (QED) is 0.136.